The summed E-state index contributed by atoms with van der Waals surface area (Å²) in [6.45, 7) is 0.205. The van der Waals surface area contributed by atoms with E-state index in [-0.39, 0.29) is 6.79 Å². The second kappa shape index (κ2) is 5.52. The Labute approximate surface area is 138 Å². The van der Waals surface area contributed by atoms with Crippen molar-refractivity contribution in [2.75, 3.05) is 26.3 Å². The van der Waals surface area contributed by atoms with Crippen LogP contribution in [-0.2, 0) is 4.74 Å². The van der Waals surface area contributed by atoms with Crippen LogP contribution >= 0.6 is 0 Å². The number of rotatable bonds is 4. The molecule has 0 aromatic heterocycles. The standard InChI is InChI=1S/C17H15NO6/c1-20-12-6-4-10-14(15(12)21-2)17(19)24-16(10)18-9-3-5-11-13(7-9)23-8-22-11/h3-7,16,18H,8H2,1-2H3/t16-/m0/s1. The molecule has 124 valence electrons. The molecule has 0 saturated heterocycles. The van der Waals surface area contributed by atoms with Crippen LogP contribution in [0.2, 0.25) is 0 Å². The number of carbonyl (C=O) groups excluding carboxylic acids is 1. The number of nitrogens with one attached hydrogen (secondary N) is 1. The van der Waals surface area contributed by atoms with E-state index in [4.69, 9.17) is 23.7 Å². The predicted molar refractivity (Wildman–Crippen MR) is 83.9 cm³/mol. The van der Waals surface area contributed by atoms with E-state index in [0.29, 0.717) is 34.1 Å². The molecule has 24 heavy (non-hydrogen) atoms. The van der Waals surface area contributed by atoms with Crippen molar-refractivity contribution in [3.05, 3.63) is 41.5 Å². The van der Waals surface area contributed by atoms with E-state index >= 15 is 0 Å². The Hall–Kier alpha value is -3.09. The first kappa shape index (κ1) is 14.5. The zero-order chi connectivity index (χ0) is 16.7. The normalized spacial score (nSPS) is 17.2. The molecule has 0 fully saturated rings. The number of ether oxygens (including phenoxy) is 5. The highest BCUT2D eigenvalue weighted by molar-refractivity contribution is 5.98. The van der Waals surface area contributed by atoms with E-state index in [1.54, 1.807) is 24.3 Å². The van der Waals surface area contributed by atoms with E-state index in [2.05, 4.69) is 5.32 Å². The van der Waals surface area contributed by atoms with Crippen LogP contribution in [0.5, 0.6) is 23.0 Å². The summed E-state index contributed by atoms with van der Waals surface area (Å²) in [5.41, 5.74) is 1.81. The molecule has 7 nitrogen and oxygen atoms in total. The minimum atomic E-state index is -0.618. The van der Waals surface area contributed by atoms with Crippen molar-refractivity contribution in [3.63, 3.8) is 0 Å². The van der Waals surface area contributed by atoms with Crippen LogP contribution in [-0.4, -0.2) is 27.0 Å². The highest BCUT2D eigenvalue weighted by Crippen LogP contribution is 2.43. The Morgan fingerprint density at radius 3 is 2.71 bits per heavy atom. The van der Waals surface area contributed by atoms with Crippen molar-refractivity contribution in [3.8, 4) is 23.0 Å². The molecule has 1 N–H and O–H groups in total. The van der Waals surface area contributed by atoms with Crippen molar-refractivity contribution in [2.24, 2.45) is 0 Å². The SMILES string of the molecule is COc1ccc2c(c1OC)C(=O)O[C@@H]2Nc1ccc2c(c1)OCO2. The summed E-state index contributed by atoms with van der Waals surface area (Å²) in [5.74, 6) is 1.73. The topological polar surface area (TPSA) is 75.3 Å². The van der Waals surface area contributed by atoms with Crippen molar-refractivity contribution < 1.29 is 28.5 Å². The fraction of sp³-hybridized carbons (Fsp3) is 0.235. The highest BCUT2D eigenvalue weighted by atomic mass is 16.7. The van der Waals surface area contributed by atoms with Gasteiger partial charge >= 0.3 is 5.97 Å². The number of methoxy groups -OCH3 is 2. The van der Waals surface area contributed by atoms with Crippen LogP contribution in [0.3, 0.4) is 0 Å². The van der Waals surface area contributed by atoms with E-state index in [1.807, 2.05) is 6.07 Å². The molecule has 2 aliphatic heterocycles. The third kappa shape index (κ3) is 2.17. The molecule has 2 heterocycles. The summed E-state index contributed by atoms with van der Waals surface area (Å²) >= 11 is 0. The molecule has 2 aromatic rings. The molecule has 0 unspecified atom stereocenters. The fourth-order valence-corrected chi connectivity index (χ4v) is 2.85. The van der Waals surface area contributed by atoms with Gasteiger partial charge in [-0.3, -0.25) is 0 Å². The molecule has 4 rings (SSSR count). The Bertz CT molecular complexity index is 819. The number of hydrogen-bond donors (Lipinski definition) is 1. The monoisotopic (exact) mass is 329 g/mol. The van der Waals surface area contributed by atoms with Gasteiger partial charge in [-0.15, -0.1) is 0 Å². The van der Waals surface area contributed by atoms with Crippen LogP contribution < -0.4 is 24.3 Å². The zero-order valence-corrected chi connectivity index (χ0v) is 13.1. The number of hydrogen-bond acceptors (Lipinski definition) is 7. The zero-order valence-electron chi connectivity index (χ0n) is 13.1. The summed E-state index contributed by atoms with van der Waals surface area (Å²) in [6, 6.07) is 8.96. The molecule has 0 spiro atoms. The third-order valence-corrected chi connectivity index (χ3v) is 3.96. The number of carbonyl (C=O) groups is 1. The third-order valence-electron chi connectivity index (χ3n) is 3.96. The largest absolute Gasteiger partial charge is 0.493 e. The van der Waals surface area contributed by atoms with Crippen LogP contribution in [0.1, 0.15) is 22.1 Å². The molecular formula is C17H15NO6. The molecular weight excluding hydrogens is 314 g/mol. The van der Waals surface area contributed by atoms with Gasteiger partial charge in [-0.1, -0.05) is 0 Å². The first-order chi connectivity index (χ1) is 11.7. The van der Waals surface area contributed by atoms with Gasteiger partial charge in [0, 0.05) is 17.3 Å². The number of esters is 1. The lowest BCUT2D eigenvalue weighted by atomic mass is 10.1. The highest BCUT2D eigenvalue weighted by Gasteiger charge is 2.36. The summed E-state index contributed by atoms with van der Waals surface area (Å²) in [5, 5.41) is 3.17. The van der Waals surface area contributed by atoms with E-state index in [9.17, 15) is 4.79 Å². The summed E-state index contributed by atoms with van der Waals surface area (Å²) in [4.78, 5) is 12.3. The van der Waals surface area contributed by atoms with E-state index < -0.39 is 12.2 Å². The van der Waals surface area contributed by atoms with Gasteiger partial charge in [0.2, 0.25) is 13.0 Å². The molecule has 2 aliphatic rings. The van der Waals surface area contributed by atoms with Crippen LogP contribution in [0.15, 0.2) is 30.3 Å². The van der Waals surface area contributed by atoms with Gasteiger partial charge in [-0.05, 0) is 24.3 Å². The minimum absolute atomic E-state index is 0.205. The summed E-state index contributed by atoms with van der Waals surface area (Å²) in [6.07, 6.45) is -0.618. The van der Waals surface area contributed by atoms with Gasteiger partial charge < -0.3 is 29.0 Å². The maximum atomic E-state index is 12.3. The smallest absolute Gasteiger partial charge is 0.344 e. The predicted octanol–water partition coefficient (Wildman–Crippen LogP) is 2.71. The Balaban J connectivity index is 1.67. The lowest BCUT2D eigenvalue weighted by Crippen LogP contribution is -2.10. The second-order valence-electron chi connectivity index (χ2n) is 5.26. The van der Waals surface area contributed by atoms with Crippen LogP contribution in [0, 0.1) is 0 Å². The molecule has 0 bridgehead atoms. The number of benzene rings is 2. The lowest BCUT2D eigenvalue weighted by molar-refractivity contribution is 0.0435. The van der Waals surface area contributed by atoms with Gasteiger partial charge in [0.15, 0.2) is 23.0 Å². The molecule has 0 amide bonds. The van der Waals surface area contributed by atoms with Gasteiger partial charge in [0.05, 0.1) is 14.2 Å². The Morgan fingerprint density at radius 2 is 1.92 bits per heavy atom. The lowest BCUT2D eigenvalue weighted by Gasteiger charge is -2.15. The molecule has 7 heteroatoms. The van der Waals surface area contributed by atoms with Crippen molar-refractivity contribution in [1.82, 2.24) is 0 Å². The maximum absolute atomic E-state index is 12.3. The first-order valence-corrected chi connectivity index (χ1v) is 7.33. The van der Waals surface area contributed by atoms with Crippen molar-refractivity contribution in [2.45, 2.75) is 6.23 Å². The Kier molecular flexibility index (Phi) is 3.34. The van der Waals surface area contributed by atoms with Gasteiger partial charge in [0.25, 0.3) is 0 Å². The fourth-order valence-electron chi connectivity index (χ4n) is 2.85. The number of cyclic esters (lactones) is 1. The number of anilines is 1. The molecule has 2 aromatic carbocycles. The first-order valence-electron chi connectivity index (χ1n) is 7.33. The molecule has 0 saturated carbocycles. The Morgan fingerprint density at radius 1 is 1.08 bits per heavy atom. The van der Waals surface area contributed by atoms with Crippen LogP contribution in [0.4, 0.5) is 5.69 Å². The maximum Gasteiger partial charge on any atom is 0.344 e. The summed E-state index contributed by atoms with van der Waals surface area (Å²) in [7, 11) is 3.01. The van der Waals surface area contributed by atoms with E-state index in [1.165, 1.54) is 14.2 Å². The number of fused-ring (bicyclic) bond motifs is 2. The van der Waals surface area contributed by atoms with Crippen molar-refractivity contribution >= 4 is 11.7 Å². The quantitative estimate of drug-likeness (QED) is 0.864. The summed E-state index contributed by atoms with van der Waals surface area (Å²) < 4.78 is 26.6. The average Bonchev–Trinajstić information content (AvgIpc) is 3.18. The van der Waals surface area contributed by atoms with Gasteiger partial charge in [-0.25, -0.2) is 4.79 Å². The average molecular weight is 329 g/mol. The van der Waals surface area contributed by atoms with Crippen LogP contribution in [0.25, 0.3) is 0 Å². The van der Waals surface area contributed by atoms with Gasteiger partial charge in [-0.2, -0.15) is 0 Å². The van der Waals surface area contributed by atoms with Crippen molar-refractivity contribution in [1.29, 1.82) is 0 Å². The molecule has 1 atom stereocenters. The minimum Gasteiger partial charge on any atom is -0.493 e. The molecule has 0 radical (unpaired) electrons. The van der Waals surface area contributed by atoms with Gasteiger partial charge in [0.1, 0.15) is 5.56 Å². The van der Waals surface area contributed by atoms with E-state index in [0.717, 1.165) is 5.69 Å². The second-order valence-corrected chi connectivity index (χ2v) is 5.26. The molecule has 0 aliphatic carbocycles.